The SMILES string of the molecule is O=CCc1cnc(-c2ccco2)o1. The monoisotopic (exact) mass is 177 g/mol. The number of furan rings is 1. The Labute approximate surface area is 74.2 Å². The van der Waals surface area contributed by atoms with Gasteiger partial charge in [-0.2, -0.15) is 0 Å². The predicted molar refractivity (Wildman–Crippen MR) is 44.0 cm³/mol. The molecule has 0 fully saturated rings. The Hall–Kier alpha value is -1.84. The zero-order valence-corrected chi connectivity index (χ0v) is 6.77. The lowest BCUT2D eigenvalue weighted by Crippen LogP contribution is -1.79. The van der Waals surface area contributed by atoms with Gasteiger partial charge in [-0.3, -0.25) is 0 Å². The van der Waals surface area contributed by atoms with Gasteiger partial charge in [-0.1, -0.05) is 0 Å². The highest BCUT2D eigenvalue weighted by Gasteiger charge is 2.07. The van der Waals surface area contributed by atoms with Crippen molar-refractivity contribution in [3.63, 3.8) is 0 Å². The Morgan fingerprint density at radius 1 is 1.54 bits per heavy atom. The van der Waals surface area contributed by atoms with Gasteiger partial charge in [0.2, 0.25) is 0 Å². The van der Waals surface area contributed by atoms with E-state index in [9.17, 15) is 4.79 Å². The maximum Gasteiger partial charge on any atom is 0.262 e. The fraction of sp³-hybridized carbons (Fsp3) is 0.111. The van der Waals surface area contributed by atoms with Crippen LogP contribution in [0.15, 0.2) is 33.4 Å². The molecule has 0 aromatic carbocycles. The first-order valence-electron chi connectivity index (χ1n) is 3.82. The third-order valence-corrected chi connectivity index (χ3v) is 1.57. The second-order valence-corrected chi connectivity index (χ2v) is 2.48. The number of aromatic nitrogens is 1. The van der Waals surface area contributed by atoms with E-state index in [2.05, 4.69) is 4.98 Å². The lowest BCUT2D eigenvalue weighted by molar-refractivity contribution is -0.107. The molecule has 2 aromatic rings. The molecule has 0 saturated heterocycles. The van der Waals surface area contributed by atoms with Crippen LogP contribution in [0.3, 0.4) is 0 Å². The highest BCUT2D eigenvalue weighted by Crippen LogP contribution is 2.18. The molecule has 0 aliphatic carbocycles. The predicted octanol–water partition coefficient (Wildman–Crippen LogP) is 1.68. The van der Waals surface area contributed by atoms with E-state index in [0.29, 0.717) is 17.4 Å². The van der Waals surface area contributed by atoms with E-state index in [1.54, 1.807) is 18.4 Å². The van der Waals surface area contributed by atoms with Gasteiger partial charge in [0.1, 0.15) is 12.0 Å². The average Bonchev–Trinajstić information content (AvgIpc) is 2.70. The summed E-state index contributed by atoms with van der Waals surface area (Å²) in [6, 6.07) is 3.50. The Morgan fingerprint density at radius 2 is 2.46 bits per heavy atom. The molecule has 13 heavy (non-hydrogen) atoms. The van der Waals surface area contributed by atoms with Crippen LogP contribution in [-0.4, -0.2) is 11.3 Å². The van der Waals surface area contributed by atoms with Crippen LogP contribution in [0.4, 0.5) is 0 Å². The summed E-state index contributed by atoms with van der Waals surface area (Å²) >= 11 is 0. The van der Waals surface area contributed by atoms with E-state index in [1.807, 2.05) is 0 Å². The molecule has 4 heteroatoms. The molecule has 0 spiro atoms. The lowest BCUT2D eigenvalue weighted by Gasteiger charge is -1.86. The Kier molecular flexibility index (Phi) is 1.96. The molecule has 0 atom stereocenters. The number of oxazole rings is 1. The van der Waals surface area contributed by atoms with Crippen molar-refractivity contribution in [1.29, 1.82) is 0 Å². The van der Waals surface area contributed by atoms with E-state index >= 15 is 0 Å². The average molecular weight is 177 g/mol. The first-order chi connectivity index (χ1) is 6.40. The molecular weight excluding hydrogens is 170 g/mol. The van der Waals surface area contributed by atoms with E-state index in [0.717, 1.165) is 6.29 Å². The molecule has 4 nitrogen and oxygen atoms in total. The molecule has 0 amide bonds. The van der Waals surface area contributed by atoms with Gasteiger partial charge in [0.15, 0.2) is 5.76 Å². The van der Waals surface area contributed by atoms with Gasteiger partial charge in [0, 0.05) is 0 Å². The van der Waals surface area contributed by atoms with Crippen molar-refractivity contribution in [1.82, 2.24) is 4.98 Å². The number of carbonyl (C=O) groups excluding carboxylic acids is 1. The largest absolute Gasteiger partial charge is 0.459 e. The smallest absolute Gasteiger partial charge is 0.262 e. The fourth-order valence-corrected chi connectivity index (χ4v) is 0.998. The maximum absolute atomic E-state index is 10.2. The maximum atomic E-state index is 10.2. The number of hydrogen-bond donors (Lipinski definition) is 0. The molecule has 0 unspecified atom stereocenters. The van der Waals surface area contributed by atoms with E-state index in [-0.39, 0.29) is 6.42 Å². The zero-order valence-electron chi connectivity index (χ0n) is 6.77. The molecular formula is C9H7NO3. The van der Waals surface area contributed by atoms with E-state index in [4.69, 9.17) is 8.83 Å². The van der Waals surface area contributed by atoms with Crippen molar-refractivity contribution in [2.24, 2.45) is 0 Å². The number of rotatable bonds is 3. The van der Waals surface area contributed by atoms with Gasteiger partial charge in [-0.05, 0) is 12.1 Å². The highest BCUT2D eigenvalue weighted by atomic mass is 16.4. The topological polar surface area (TPSA) is 56.2 Å². The molecule has 2 rings (SSSR count). The fourth-order valence-electron chi connectivity index (χ4n) is 0.998. The van der Waals surface area contributed by atoms with E-state index < -0.39 is 0 Å². The Balaban J connectivity index is 2.28. The first kappa shape index (κ1) is 7.79. The summed E-state index contributed by atoms with van der Waals surface area (Å²) in [5, 5.41) is 0. The molecule has 0 saturated carbocycles. The van der Waals surface area contributed by atoms with Gasteiger partial charge >= 0.3 is 0 Å². The summed E-state index contributed by atoms with van der Waals surface area (Å²) in [6.07, 6.45) is 4.07. The molecule has 0 aliphatic heterocycles. The third kappa shape index (κ3) is 1.51. The minimum atomic E-state index is 0.244. The summed E-state index contributed by atoms with van der Waals surface area (Å²) in [5.41, 5.74) is 0. The quantitative estimate of drug-likeness (QED) is 0.669. The van der Waals surface area contributed by atoms with Crippen molar-refractivity contribution in [2.75, 3.05) is 0 Å². The Bertz CT molecular complexity index is 389. The second-order valence-electron chi connectivity index (χ2n) is 2.48. The summed E-state index contributed by atoms with van der Waals surface area (Å²) in [4.78, 5) is 14.1. The van der Waals surface area contributed by atoms with Gasteiger partial charge < -0.3 is 13.6 Å². The van der Waals surface area contributed by atoms with Crippen LogP contribution in [0.5, 0.6) is 0 Å². The molecule has 0 N–H and O–H groups in total. The van der Waals surface area contributed by atoms with Crippen molar-refractivity contribution >= 4 is 6.29 Å². The van der Waals surface area contributed by atoms with Crippen LogP contribution in [0.1, 0.15) is 5.76 Å². The standard InChI is InChI=1S/C9H7NO3/c11-4-3-7-6-10-9(13-7)8-2-1-5-12-8/h1-2,4-6H,3H2. The normalized spacial score (nSPS) is 10.2. The van der Waals surface area contributed by atoms with Crippen LogP contribution >= 0.6 is 0 Å². The molecule has 0 aliphatic rings. The van der Waals surface area contributed by atoms with Gasteiger partial charge in [0.05, 0.1) is 18.9 Å². The van der Waals surface area contributed by atoms with Crippen LogP contribution in [0.2, 0.25) is 0 Å². The number of nitrogens with zero attached hydrogens (tertiary/aromatic N) is 1. The zero-order chi connectivity index (χ0) is 9.10. The van der Waals surface area contributed by atoms with E-state index in [1.165, 1.54) is 6.20 Å². The number of aldehydes is 1. The summed E-state index contributed by atoms with van der Waals surface area (Å²) in [6.45, 7) is 0. The lowest BCUT2D eigenvalue weighted by atomic mass is 10.4. The number of hydrogen-bond acceptors (Lipinski definition) is 4. The Morgan fingerprint density at radius 3 is 3.15 bits per heavy atom. The molecule has 2 heterocycles. The van der Waals surface area contributed by atoms with Crippen LogP contribution in [0.25, 0.3) is 11.7 Å². The van der Waals surface area contributed by atoms with Gasteiger partial charge in [0.25, 0.3) is 5.89 Å². The molecule has 2 aromatic heterocycles. The molecule has 0 bridgehead atoms. The van der Waals surface area contributed by atoms with Crippen LogP contribution < -0.4 is 0 Å². The van der Waals surface area contributed by atoms with Gasteiger partial charge in [-0.15, -0.1) is 0 Å². The summed E-state index contributed by atoms with van der Waals surface area (Å²) < 4.78 is 10.3. The van der Waals surface area contributed by atoms with Crippen molar-refractivity contribution in [3.8, 4) is 11.7 Å². The minimum Gasteiger partial charge on any atom is -0.459 e. The third-order valence-electron chi connectivity index (χ3n) is 1.57. The second kappa shape index (κ2) is 3.26. The van der Waals surface area contributed by atoms with Crippen LogP contribution in [-0.2, 0) is 11.2 Å². The summed E-state index contributed by atoms with van der Waals surface area (Å²) in [7, 11) is 0. The highest BCUT2D eigenvalue weighted by molar-refractivity contribution is 5.53. The number of carbonyl (C=O) groups is 1. The minimum absolute atomic E-state index is 0.244. The summed E-state index contributed by atoms with van der Waals surface area (Å²) in [5.74, 6) is 1.51. The van der Waals surface area contributed by atoms with Crippen molar-refractivity contribution < 1.29 is 13.6 Å². The molecule has 0 radical (unpaired) electrons. The van der Waals surface area contributed by atoms with Crippen molar-refractivity contribution in [2.45, 2.75) is 6.42 Å². The van der Waals surface area contributed by atoms with Crippen molar-refractivity contribution in [3.05, 3.63) is 30.4 Å². The molecule has 66 valence electrons. The van der Waals surface area contributed by atoms with Crippen LogP contribution in [0, 0.1) is 0 Å². The van der Waals surface area contributed by atoms with Gasteiger partial charge in [-0.25, -0.2) is 4.98 Å². The first-order valence-corrected chi connectivity index (χ1v) is 3.82.